The second kappa shape index (κ2) is 9.44. The van der Waals surface area contributed by atoms with Gasteiger partial charge in [-0.15, -0.1) is 0 Å². The fourth-order valence-electron chi connectivity index (χ4n) is 4.65. The SMILES string of the molecule is Cc1cccnc1CN1C[C@@H]2C[C@H](NC(=O)NC(C)C)CN2C(=O)[C@@H]1CNC(=O)C1CC1. The summed E-state index contributed by atoms with van der Waals surface area (Å²) in [5.74, 6) is 0.160. The summed E-state index contributed by atoms with van der Waals surface area (Å²) in [6, 6.07) is 3.30. The predicted octanol–water partition coefficient (Wildman–Crippen LogP) is 0.778. The number of carbonyl (C=O) groups excluding carboxylic acids is 3. The molecule has 0 unspecified atom stereocenters. The molecule has 0 spiro atoms. The number of aryl methyl sites for hydroxylation is 1. The summed E-state index contributed by atoms with van der Waals surface area (Å²) in [7, 11) is 0. The van der Waals surface area contributed by atoms with E-state index in [4.69, 9.17) is 0 Å². The lowest BCUT2D eigenvalue weighted by Gasteiger charge is -2.42. The minimum Gasteiger partial charge on any atom is -0.354 e. The molecule has 1 saturated carbocycles. The van der Waals surface area contributed by atoms with E-state index < -0.39 is 6.04 Å². The van der Waals surface area contributed by atoms with Gasteiger partial charge in [-0.1, -0.05) is 6.07 Å². The number of rotatable bonds is 7. The number of hydrogen-bond donors (Lipinski definition) is 3. The Hall–Kier alpha value is -2.68. The number of carbonyl (C=O) groups is 3. The molecule has 0 radical (unpaired) electrons. The number of aromatic nitrogens is 1. The van der Waals surface area contributed by atoms with E-state index in [2.05, 4.69) is 25.8 Å². The maximum atomic E-state index is 13.5. The van der Waals surface area contributed by atoms with Crippen molar-refractivity contribution in [2.45, 2.75) is 70.7 Å². The molecule has 9 nitrogen and oxygen atoms in total. The Morgan fingerprint density at radius 2 is 2.03 bits per heavy atom. The number of piperazine rings is 1. The van der Waals surface area contributed by atoms with Crippen LogP contribution in [-0.2, 0) is 16.1 Å². The Kier molecular flexibility index (Phi) is 6.64. The summed E-state index contributed by atoms with van der Waals surface area (Å²) in [5, 5.41) is 8.84. The summed E-state index contributed by atoms with van der Waals surface area (Å²) in [5.41, 5.74) is 2.02. The van der Waals surface area contributed by atoms with Crippen molar-refractivity contribution in [1.82, 2.24) is 30.7 Å². The van der Waals surface area contributed by atoms with Gasteiger partial charge in [0.05, 0.1) is 11.7 Å². The highest BCUT2D eigenvalue weighted by Gasteiger charge is 2.46. The van der Waals surface area contributed by atoms with Crippen molar-refractivity contribution < 1.29 is 14.4 Å². The summed E-state index contributed by atoms with van der Waals surface area (Å²) in [6.45, 7) is 7.90. The van der Waals surface area contributed by atoms with Crippen LogP contribution in [0, 0.1) is 12.8 Å². The van der Waals surface area contributed by atoms with Gasteiger partial charge >= 0.3 is 6.03 Å². The van der Waals surface area contributed by atoms with Gasteiger partial charge in [-0.3, -0.25) is 19.5 Å². The third-order valence-electron chi connectivity index (χ3n) is 6.51. The Balaban J connectivity index is 1.46. The van der Waals surface area contributed by atoms with Crippen molar-refractivity contribution in [3.8, 4) is 0 Å². The normalized spacial score (nSPS) is 25.6. The van der Waals surface area contributed by atoms with Gasteiger partial charge < -0.3 is 20.9 Å². The van der Waals surface area contributed by atoms with Gasteiger partial charge in [0.15, 0.2) is 0 Å². The summed E-state index contributed by atoms with van der Waals surface area (Å²) in [4.78, 5) is 46.4. The molecule has 1 aromatic rings. The highest BCUT2D eigenvalue weighted by molar-refractivity contribution is 5.86. The number of urea groups is 1. The van der Waals surface area contributed by atoms with E-state index >= 15 is 0 Å². The van der Waals surface area contributed by atoms with E-state index in [1.54, 1.807) is 6.20 Å². The Bertz CT molecular complexity index is 871. The topological polar surface area (TPSA) is 107 Å². The number of hydrogen-bond acceptors (Lipinski definition) is 5. The zero-order valence-corrected chi connectivity index (χ0v) is 19.1. The maximum Gasteiger partial charge on any atom is 0.315 e. The lowest BCUT2D eigenvalue weighted by atomic mass is 10.0. The van der Waals surface area contributed by atoms with Gasteiger partial charge in [-0.05, 0) is 51.7 Å². The number of amides is 4. The fourth-order valence-corrected chi connectivity index (χ4v) is 4.65. The maximum absolute atomic E-state index is 13.5. The largest absolute Gasteiger partial charge is 0.354 e. The van der Waals surface area contributed by atoms with Crippen LogP contribution in [0.5, 0.6) is 0 Å². The molecule has 3 fully saturated rings. The number of pyridine rings is 1. The molecule has 0 bridgehead atoms. The quantitative estimate of drug-likeness (QED) is 0.579. The van der Waals surface area contributed by atoms with Gasteiger partial charge in [-0.2, -0.15) is 0 Å². The molecule has 1 aliphatic carbocycles. The van der Waals surface area contributed by atoms with Crippen molar-refractivity contribution in [3.05, 3.63) is 29.6 Å². The Labute approximate surface area is 189 Å². The first-order valence-electron chi connectivity index (χ1n) is 11.6. The van der Waals surface area contributed by atoms with Crippen LogP contribution in [-0.4, -0.2) is 76.4 Å². The van der Waals surface area contributed by atoms with Crippen LogP contribution in [0.3, 0.4) is 0 Å². The molecule has 4 rings (SSSR count). The fraction of sp³-hybridized carbons (Fsp3) is 0.652. The third kappa shape index (κ3) is 5.20. The molecular weight excluding hydrogens is 408 g/mol. The first kappa shape index (κ1) is 22.5. The van der Waals surface area contributed by atoms with Gasteiger partial charge in [0, 0.05) is 50.4 Å². The van der Waals surface area contributed by atoms with Gasteiger partial charge in [0.25, 0.3) is 0 Å². The van der Waals surface area contributed by atoms with Crippen LogP contribution in [0.2, 0.25) is 0 Å². The molecule has 2 saturated heterocycles. The standard InChI is InChI=1S/C23H34N6O3/c1-14(2)26-23(32)27-17-9-18-12-28(13-19-15(3)5-4-8-24-19)20(22(31)29(18)11-17)10-25-21(30)16-6-7-16/h4-5,8,14,16-18,20H,6-7,9-13H2,1-3H3,(H,25,30)(H2,26,27,32)/t17-,18-,20-/m0/s1. The number of fused-ring (bicyclic) bond motifs is 1. The molecule has 32 heavy (non-hydrogen) atoms. The van der Waals surface area contributed by atoms with Crippen LogP contribution in [0.4, 0.5) is 4.79 Å². The van der Waals surface area contributed by atoms with Crippen LogP contribution >= 0.6 is 0 Å². The van der Waals surface area contributed by atoms with Crippen molar-refractivity contribution in [1.29, 1.82) is 0 Å². The van der Waals surface area contributed by atoms with E-state index in [0.717, 1.165) is 30.5 Å². The highest BCUT2D eigenvalue weighted by Crippen LogP contribution is 2.30. The van der Waals surface area contributed by atoms with Crippen LogP contribution in [0.1, 0.15) is 44.4 Å². The third-order valence-corrected chi connectivity index (χ3v) is 6.51. The second-order valence-electron chi connectivity index (χ2n) is 9.58. The summed E-state index contributed by atoms with van der Waals surface area (Å²) in [6.07, 6.45) is 4.35. The van der Waals surface area contributed by atoms with E-state index in [-0.39, 0.29) is 41.9 Å². The average molecular weight is 443 g/mol. The van der Waals surface area contributed by atoms with Gasteiger partial charge in [-0.25, -0.2) is 4.79 Å². The molecule has 1 aromatic heterocycles. The minimum atomic E-state index is -0.432. The smallest absolute Gasteiger partial charge is 0.315 e. The zero-order valence-electron chi connectivity index (χ0n) is 19.1. The molecule has 0 aromatic carbocycles. The van der Waals surface area contributed by atoms with Crippen molar-refractivity contribution in [2.75, 3.05) is 19.6 Å². The zero-order chi connectivity index (χ0) is 22.8. The molecule has 2 aliphatic heterocycles. The Morgan fingerprint density at radius 1 is 1.25 bits per heavy atom. The molecule has 3 atom stereocenters. The van der Waals surface area contributed by atoms with Crippen LogP contribution < -0.4 is 16.0 Å². The first-order chi connectivity index (χ1) is 15.3. The van der Waals surface area contributed by atoms with E-state index in [9.17, 15) is 14.4 Å². The summed E-state index contributed by atoms with van der Waals surface area (Å²) >= 11 is 0. The molecule has 3 aliphatic rings. The van der Waals surface area contributed by atoms with Gasteiger partial charge in [0.1, 0.15) is 6.04 Å². The van der Waals surface area contributed by atoms with E-state index in [1.165, 1.54) is 0 Å². The molecule has 3 N–H and O–H groups in total. The highest BCUT2D eigenvalue weighted by atomic mass is 16.2. The van der Waals surface area contributed by atoms with E-state index in [1.807, 2.05) is 37.8 Å². The van der Waals surface area contributed by atoms with Crippen molar-refractivity contribution >= 4 is 17.8 Å². The summed E-state index contributed by atoms with van der Waals surface area (Å²) < 4.78 is 0. The first-order valence-corrected chi connectivity index (χ1v) is 11.6. The minimum absolute atomic E-state index is 0.0134. The molecule has 9 heteroatoms. The van der Waals surface area contributed by atoms with E-state index in [0.29, 0.717) is 26.2 Å². The predicted molar refractivity (Wildman–Crippen MR) is 120 cm³/mol. The van der Waals surface area contributed by atoms with Crippen molar-refractivity contribution in [2.24, 2.45) is 5.92 Å². The lowest BCUT2D eigenvalue weighted by Crippen LogP contribution is -2.62. The van der Waals surface area contributed by atoms with Crippen LogP contribution in [0.15, 0.2) is 18.3 Å². The second-order valence-corrected chi connectivity index (χ2v) is 9.58. The molecular formula is C23H34N6O3. The molecule has 3 heterocycles. The van der Waals surface area contributed by atoms with Crippen molar-refractivity contribution in [3.63, 3.8) is 0 Å². The number of nitrogens with zero attached hydrogens (tertiary/aromatic N) is 3. The van der Waals surface area contributed by atoms with Crippen LogP contribution in [0.25, 0.3) is 0 Å². The average Bonchev–Trinajstić information content (AvgIpc) is 3.50. The Morgan fingerprint density at radius 3 is 2.72 bits per heavy atom. The number of nitrogens with one attached hydrogen (secondary N) is 3. The molecule has 174 valence electrons. The lowest BCUT2D eigenvalue weighted by molar-refractivity contribution is -0.144. The molecule has 4 amide bonds. The monoisotopic (exact) mass is 442 g/mol. The van der Waals surface area contributed by atoms with Gasteiger partial charge in [0.2, 0.25) is 11.8 Å².